The SMILES string of the molecule is CCc1cccc2ccc(CN)nc12. The number of para-hydroxylation sites is 1. The number of pyridine rings is 1. The Hall–Kier alpha value is -1.41. The summed E-state index contributed by atoms with van der Waals surface area (Å²) in [5.41, 5.74) is 8.91. The molecule has 0 amide bonds. The second-order valence-electron chi connectivity index (χ2n) is 3.35. The highest BCUT2D eigenvalue weighted by Gasteiger charge is 2.00. The van der Waals surface area contributed by atoms with Crippen molar-refractivity contribution in [2.45, 2.75) is 19.9 Å². The van der Waals surface area contributed by atoms with Crippen molar-refractivity contribution in [2.24, 2.45) is 5.73 Å². The summed E-state index contributed by atoms with van der Waals surface area (Å²) in [7, 11) is 0. The molecule has 0 spiro atoms. The van der Waals surface area contributed by atoms with Gasteiger partial charge >= 0.3 is 0 Å². The van der Waals surface area contributed by atoms with Crippen LogP contribution in [-0.2, 0) is 13.0 Å². The molecule has 2 N–H and O–H groups in total. The third-order valence-electron chi connectivity index (χ3n) is 2.45. The topological polar surface area (TPSA) is 38.9 Å². The number of fused-ring (bicyclic) bond motifs is 1. The molecule has 1 aromatic heterocycles. The largest absolute Gasteiger partial charge is 0.325 e. The van der Waals surface area contributed by atoms with Crippen molar-refractivity contribution >= 4 is 10.9 Å². The van der Waals surface area contributed by atoms with Crippen LogP contribution in [0.25, 0.3) is 10.9 Å². The first-order chi connectivity index (χ1) is 6.85. The smallest absolute Gasteiger partial charge is 0.0737 e. The zero-order valence-corrected chi connectivity index (χ0v) is 8.33. The Labute approximate surface area is 83.8 Å². The van der Waals surface area contributed by atoms with E-state index in [2.05, 4.69) is 36.2 Å². The average Bonchev–Trinajstić information content (AvgIpc) is 2.27. The minimum atomic E-state index is 0.508. The van der Waals surface area contributed by atoms with E-state index in [0.29, 0.717) is 6.54 Å². The molecule has 0 atom stereocenters. The molecule has 72 valence electrons. The van der Waals surface area contributed by atoms with Crippen LogP contribution in [0.3, 0.4) is 0 Å². The molecule has 0 aliphatic carbocycles. The van der Waals surface area contributed by atoms with Gasteiger partial charge in [-0.3, -0.25) is 4.98 Å². The van der Waals surface area contributed by atoms with E-state index in [1.54, 1.807) is 0 Å². The minimum absolute atomic E-state index is 0.508. The Kier molecular flexibility index (Phi) is 2.46. The highest BCUT2D eigenvalue weighted by Crippen LogP contribution is 2.17. The average molecular weight is 186 g/mol. The van der Waals surface area contributed by atoms with Crippen molar-refractivity contribution in [1.82, 2.24) is 4.98 Å². The molecule has 1 aromatic carbocycles. The van der Waals surface area contributed by atoms with Crippen molar-refractivity contribution < 1.29 is 0 Å². The Morgan fingerprint density at radius 1 is 1.21 bits per heavy atom. The first-order valence-electron chi connectivity index (χ1n) is 4.92. The van der Waals surface area contributed by atoms with Crippen LogP contribution >= 0.6 is 0 Å². The number of rotatable bonds is 2. The molecule has 1 heterocycles. The third-order valence-corrected chi connectivity index (χ3v) is 2.45. The predicted molar refractivity (Wildman–Crippen MR) is 59.0 cm³/mol. The van der Waals surface area contributed by atoms with E-state index in [-0.39, 0.29) is 0 Å². The lowest BCUT2D eigenvalue weighted by atomic mass is 10.1. The third kappa shape index (κ3) is 1.49. The van der Waals surface area contributed by atoms with Gasteiger partial charge in [0.05, 0.1) is 11.2 Å². The van der Waals surface area contributed by atoms with Gasteiger partial charge in [0.1, 0.15) is 0 Å². The monoisotopic (exact) mass is 186 g/mol. The van der Waals surface area contributed by atoms with Crippen LogP contribution < -0.4 is 5.73 Å². The van der Waals surface area contributed by atoms with Crippen molar-refractivity contribution in [1.29, 1.82) is 0 Å². The fourth-order valence-electron chi connectivity index (χ4n) is 1.65. The summed E-state index contributed by atoms with van der Waals surface area (Å²) in [5.74, 6) is 0. The summed E-state index contributed by atoms with van der Waals surface area (Å²) in [6, 6.07) is 10.4. The number of hydrogen-bond acceptors (Lipinski definition) is 2. The maximum Gasteiger partial charge on any atom is 0.0737 e. The molecule has 0 fully saturated rings. The number of aryl methyl sites for hydroxylation is 1. The number of nitrogens with zero attached hydrogens (tertiary/aromatic N) is 1. The number of aromatic nitrogens is 1. The number of nitrogens with two attached hydrogens (primary N) is 1. The molecule has 2 heteroatoms. The molecule has 0 saturated heterocycles. The fraction of sp³-hybridized carbons (Fsp3) is 0.250. The lowest BCUT2D eigenvalue weighted by Gasteiger charge is -2.04. The molecular weight excluding hydrogens is 172 g/mol. The molecular formula is C12H14N2. The van der Waals surface area contributed by atoms with E-state index in [0.717, 1.165) is 17.6 Å². The Bertz CT molecular complexity index is 449. The summed E-state index contributed by atoms with van der Waals surface area (Å²) in [6.45, 7) is 2.65. The summed E-state index contributed by atoms with van der Waals surface area (Å²) in [6.07, 6.45) is 1.01. The van der Waals surface area contributed by atoms with Gasteiger partial charge < -0.3 is 5.73 Å². The quantitative estimate of drug-likeness (QED) is 0.781. The molecule has 14 heavy (non-hydrogen) atoms. The lowest BCUT2D eigenvalue weighted by molar-refractivity contribution is 1.00. The summed E-state index contributed by atoms with van der Waals surface area (Å²) in [4.78, 5) is 4.54. The first-order valence-corrected chi connectivity index (χ1v) is 4.92. The van der Waals surface area contributed by atoms with Crippen LogP contribution in [-0.4, -0.2) is 4.98 Å². The second kappa shape index (κ2) is 3.76. The molecule has 2 rings (SSSR count). The van der Waals surface area contributed by atoms with Gasteiger partial charge in [0.2, 0.25) is 0 Å². The Morgan fingerprint density at radius 3 is 2.79 bits per heavy atom. The summed E-state index contributed by atoms with van der Waals surface area (Å²) in [5, 5.41) is 1.20. The molecule has 0 unspecified atom stereocenters. The zero-order valence-electron chi connectivity index (χ0n) is 8.33. The van der Waals surface area contributed by atoms with Gasteiger partial charge in [0.15, 0.2) is 0 Å². The predicted octanol–water partition coefficient (Wildman–Crippen LogP) is 2.26. The van der Waals surface area contributed by atoms with Crippen LogP contribution in [0.4, 0.5) is 0 Å². The van der Waals surface area contributed by atoms with Crippen LogP contribution in [0, 0.1) is 0 Å². The van der Waals surface area contributed by atoms with Gasteiger partial charge in [-0.15, -0.1) is 0 Å². The van der Waals surface area contributed by atoms with Crippen molar-refractivity contribution in [3.63, 3.8) is 0 Å². The number of benzene rings is 1. The van der Waals surface area contributed by atoms with Crippen LogP contribution in [0.15, 0.2) is 30.3 Å². The lowest BCUT2D eigenvalue weighted by Crippen LogP contribution is -2.00. The number of hydrogen-bond donors (Lipinski definition) is 1. The van der Waals surface area contributed by atoms with Gasteiger partial charge in [-0.1, -0.05) is 31.2 Å². The van der Waals surface area contributed by atoms with E-state index in [4.69, 9.17) is 5.73 Å². The minimum Gasteiger partial charge on any atom is -0.325 e. The molecule has 0 radical (unpaired) electrons. The van der Waals surface area contributed by atoms with Crippen LogP contribution in [0.2, 0.25) is 0 Å². The van der Waals surface area contributed by atoms with Crippen LogP contribution in [0.1, 0.15) is 18.2 Å². The Morgan fingerprint density at radius 2 is 2.07 bits per heavy atom. The molecule has 0 aliphatic heterocycles. The summed E-state index contributed by atoms with van der Waals surface area (Å²) < 4.78 is 0. The van der Waals surface area contributed by atoms with Crippen molar-refractivity contribution in [3.8, 4) is 0 Å². The first kappa shape index (κ1) is 9.16. The molecule has 0 bridgehead atoms. The van der Waals surface area contributed by atoms with Gasteiger partial charge in [0, 0.05) is 11.9 Å². The summed E-state index contributed by atoms with van der Waals surface area (Å²) >= 11 is 0. The molecule has 0 saturated carbocycles. The van der Waals surface area contributed by atoms with Gasteiger partial charge in [-0.25, -0.2) is 0 Å². The molecule has 0 aliphatic rings. The van der Waals surface area contributed by atoms with E-state index in [1.165, 1.54) is 10.9 Å². The highest BCUT2D eigenvalue weighted by atomic mass is 14.7. The van der Waals surface area contributed by atoms with Gasteiger partial charge in [-0.05, 0) is 18.1 Å². The molecule has 2 nitrogen and oxygen atoms in total. The van der Waals surface area contributed by atoms with Gasteiger partial charge in [-0.2, -0.15) is 0 Å². The maximum atomic E-state index is 5.57. The van der Waals surface area contributed by atoms with E-state index in [1.807, 2.05) is 6.07 Å². The normalized spacial score (nSPS) is 10.7. The Balaban J connectivity index is 2.70. The van der Waals surface area contributed by atoms with E-state index < -0.39 is 0 Å². The fourth-order valence-corrected chi connectivity index (χ4v) is 1.65. The van der Waals surface area contributed by atoms with E-state index >= 15 is 0 Å². The van der Waals surface area contributed by atoms with Crippen molar-refractivity contribution in [3.05, 3.63) is 41.6 Å². The maximum absolute atomic E-state index is 5.57. The van der Waals surface area contributed by atoms with Gasteiger partial charge in [0.25, 0.3) is 0 Å². The van der Waals surface area contributed by atoms with Crippen molar-refractivity contribution in [2.75, 3.05) is 0 Å². The standard InChI is InChI=1S/C12H14N2/c1-2-9-4-3-5-10-6-7-11(8-13)14-12(9)10/h3-7H,2,8,13H2,1H3. The second-order valence-corrected chi connectivity index (χ2v) is 3.35. The van der Waals surface area contributed by atoms with E-state index in [9.17, 15) is 0 Å². The highest BCUT2D eigenvalue weighted by molar-refractivity contribution is 5.81. The molecule has 2 aromatic rings. The van der Waals surface area contributed by atoms with Crippen LogP contribution in [0.5, 0.6) is 0 Å². The zero-order chi connectivity index (χ0) is 9.97.